The highest BCUT2D eigenvalue weighted by molar-refractivity contribution is 6.30. The van der Waals surface area contributed by atoms with Crippen LogP contribution >= 0.6 is 11.6 Å². The number of alkyl halides is 1. The van der Waals surface area contributed by atoms with Crippen LogP contribution < -0.4 is 10.1 Å². The highest BCUT2D eigenvalue weighted by atomic mass is 35.5. The molecule has 0 aromatic heterocycles. The van der Waals surface area contributed by atoms with Gasteiger partial charge in [0, 0.05) is 6.04 Å². The van der Waals surface area contributed by atoms with Gasteiger partial charge in [-0.05, 0) is 48.9 Å². The number of benzene rings is 1. The zero-order chi connectivity index (χ0) is 14.5. The molecule has 0 aliphatic heterocycles. The van der Waals surface area contributed by atoms with E-state index in [9.17, 15) is 4.79 Å². The van der Waals surface area contributed by atoms with E-state index in [1.807, 2.05) is 13.0 Å². The van der Waals surface area contributed by atoms with Crippen LogP contribution in [0, 0.1) is 0 Å². The Morgan fingerprint density at radius 2 is 2.30 bits per heavy atom. The Kier molecular flexibility index (Phi) is 5.30. The molecule has 1 amide bonds. The zero-order valence-corrected chi connectivity index (χ0v) is 12.9. The van der Waals surface area contributed by atoms with Crippen molar-refractivity contribution in [1.82, 2.24) is 5.32 Å². The van der Waals surface area contributed by atoms with Crippen LogP contribution in [0.2, 0.25) is 0 Å². The number of aryl methyl sites for hydroxylation is 1. The summed E-state index contributed by atoms with van der Waals surface area (Å²) in [6.07, 6.45) is 4.47. The second kappa shape index (κ2) is 6.98. The fraction of sp³-hybridized carbons (Fsp3) is 0.562. The van der Waals surface area contributed by atoms with Crippen LogP contribution in [0.1, 0.15) is 37.3 Å². The molecule has 1 aromatic rings. The largest absolute Gasteiger partial charge is 0.497 e. The lowest BCUT2D eigenvalue weighted by Crippen LogP contribution is -2.42. The van der Waals surface area contributed by atoms with Gasteiger partial charge in [0.2, 0.25) is 5.91 Å². The van der Waals surface area contributed by atoms with Crippen LogP contribution in [-0.4, -0.2) is 24.4 Å². The first kappa shape index (κ1) is 15.2. The van der Waals surface area contributed by atoms with Crippen LogP contribution in [0.25, 0.3) is 0 Å². The number of ether oxygens (including phenoxy) is 1. The van der Waals surface area contributed by atoms with E-state index in [4.69, 9.17) is 16.3 Å². The summed E-state index contributed by atoms with van der Waals surface area (Å²) in [7, 11) is 1.67. The van der Waals surface area contributed by atoms with Gasteiger partial charge in [0.25, 0.3) is 0 Å². The van der Waals surface area contributed by atoms with Crippen LogP contribution in [0.4, 0.5) is 0 Å². The van der Waals surface area contributed by atoms with Gasteiger partial charge in [-0.1, -0.05) is 19.4 Å². The third kappa shape index (κ3) is 3.66. The molecule has 0 spiro atoms. The first-order valence-corrected chi connectivity index (χ1v) is 7.68. The number of nitrogens with one attached hydrogen (secondary N) is 1. The van der Waals surface area contributed by atoms with Gasteiger partial charge in [0.15, 0.2) is 0 Å². The molecule has 2 rings (SSSR count). The number of fused-ring (bicyclic) bond motifs is 1. The Morgan fingerprint density at radius 3 is 3.00 bits per heavy atom. The fourth-order valence-corrected chi connectivity index (χ4v) is 2.94. The number of hydrogen-bond donors (Lipinski definition) is 1. The maximum Gasteiger partial charge on any atom is 0.238 e. The first-order chi connectivity index (χ1) is 9.63. The van der Waals surface area contributed by atoms with Crippen molar-refractivity contribution in [1.29, 1.82) is 0 Å². The van der Waals surface area contributed by atoms with Crippen molar-refractivity contribution in [2.75, 3.05) is 7.11 Å². The smallest absolute Gasteiger partial charge is 0.238 e. The van der Waals surface area contributed by atoms with E-state index >= 15 is 0 Å². The quantitative estimate of drug-likeness (QED) is 0.848. The minimum absolute atomic E-state index is 0.0372. The maximum absolute atomic E-state index is 12.0. The highest BCUT2D eigenvalue weighted by Crippen LogP contribution is 2.25. The van der Waals surface area contributed by atoms with Crippen molar-refractivity contribution >= 4 is 17.5 Å². The van der Waals surface area contributed by atoms with E-state index in [-0.39, 0.29) is 11.9 Å². The summed E-state index contributed by atoms with van der Waals surface area (Å²) in [5, 5.41) is 2.66. The SMILES string of the molecule is CCCC(Cl)C(=O)NC1CCc2ccc(OC)cc2C1. The van der Waals surface area contributed by atoms with Gasteiger partial charge in [0.05, 0.1) is 7.11 Å². The van der Waals surface area contributed by atoms with E-state index in [0.717, 1.165) is 37.9 Å². The summed E-state index contributed by atoms with van der Waals surface area (Å²) in [6.45, 7) is 2.03. The number of rotatable bonds is 5. The molecule has 0 bridgehead atoms. The molecule has 110 valence electrons. The monoisotopic (exact) mass is 295 g/mol. The van der Waals surface area contributed by atoms with Gasteiger partial charge in [-0.25, -0.2) is 0 Å². The molecule has 0 radical (unpaired) electrons. The van der Waals surface area contributed by atoms with Gasteiger partial charge >= 0.3 is 0 Å². The molecule has 0 saturated carbocycles. The lowest BCUT2D eigenvalue weighted by Gasteiger charge is -2.26. The number of carbonyl (C=O) groups excluding carboxylic acids is 1. The van der Waals surface area contributed by atoms with Crippen molar-refractivity contribution < 1.29 is 9.53 Å². The van der Waals surface area contributed by atoms with Gasteiger partial charge in [-0.15, -0.1) is 11.6 Å². The van der Waals surface area contributed by atoms with Crippen molar-refractivity contribution in [2.24, 2.45) is 0 Å². The lowest BCUT2D eigenvalue weighted by atomic mass is 9.88. The van der Waals surface area contributed by atoms with E-state index in [2.05, 4.69) is 17.4 Å². The predicted molar refractivity (Wildman–Crippen MR) is 81.5 cm³/mol. The Hall–Kier alpha value is -1.22. The number of halogens is 1. The Balaban J connectivity index is 1.98. The van der Waals surface area contributed by atoms with Crippen molar-refractivity contribution in [3.05, 3.63) is 29.3 Å². The number of methoxy groups -OCH3 is 1. The van der Waals surface area contributed by atoms with Crippen molar-refractivity contribution in [2.45, 2.75) is 50.4 Å². The maximum atomic E-state index is 12.0. The molecule has 3 nitrogen and oxygen atoms in total. The van der Waals surface area contributed by atoms with Crippen LogP contribution in [-0.2, 0) is 17.6 Å². The summed E-state index contributed by atoms with van der Waals surface area (Å²) in [6, 6.07) is 6.36. The van der Waals surface area contributed by atoms with Gasteiger partial charge < -0.3 is 10.1 Å². The van der Waals surface area contributed by atoms with E-state index in [1.165, 1.54) is 11.1 Å². The minimum Gasteiger partial charge on any atom is -0.497 e. The summed E-state index contributed by atoms with van der Waals surface area (Å²) in [5.41, 5.74) is 2.62. The summed E-state index contributed by atoms with van der Waals surface area (Å²) < 4.78 is 5.26. The van der Waals surface area contributed by atoms with Crippen LogP contribution in [0.15, 0.2) is 18.2 Å². The topological polar surface area (TPSA) is 38.3 Å². The average molecular weight is 296 g/mol. The van der Waals surface area contributed by atoms with Gasteiger partial charge in [0.1, 0.15) is 11.1 Å². The molecule has 2 unspecified atom stereocenters. The Bertz CT molecular complexity index is 476. The fourth-order valence-electron chi connectivity index (χ4n) is 2.66. The molecule has 0 fully saturated rings. The summed E-state index contributed by atoms with van der Waals surface area (Å²) >= 11 is 6.07. The van der Waals surface area contributed by atoms with Crippen LogP contribution in [0.3, 0.4) is 0 Å². The van der Waals surface area contributed by atoms with E-state index in [1.54, 1.807) is 7.11 Å². The molecule has 1 aromatic carbocycles. The molecule has 2 atom stereocenters. The second-order valence-electron chi connectivity index (χ2n) is 5.34. The molecule has 1 N–H and O–H groups in total. The summed E-state index contributed by atoms with van der Waals surface area (Å²) in [5.74, 6) is 0.835. The van der Waals surface area contributed by atoms with Gasteiger partial charge in [-0.2, -0.15) is 0 Å². The molecular weight excluding hydrogens is 274 g/mol. The Labute approximate surface area is 125 Å². The van der Waals surface area contributed by atoms with E-state index < -0.39 is 5.38 Å². The predicted octanol–water partition coefficient (Wildman–Crippen LogP) is 3.08. The standard InChI is InChI=1S/C16H22ClNO2/c1-3-4-15(17)16(19)18-13-7-5-11-6-8-14(20-2)10-12(11)9-13/h6,8,10,13,15H,3-5,7,9H2,1-2H3,(H,18,19). The second-order valence-corrected chi connectivity index (χ2v) is 5.87. The molecule has 0 heterocycles. The summed E-state index contributed by atoms with van der Waals surface area (Å²) in [4.78, 5) is 12.0. The zero-order valence-electron chi connectivity index (χ0n) is 12.1. The normalized spacial score (nSPS) is 19.1. The highest BCUT2D eigenvalue weighted by Gasteiger charge is 2.23. The molecule has 4 heteroatoms. The molecule has 20 heavy (non-hydrogen) atoms. The van der Waals surface area contributed by atoms with Crippen molar-refractivity contribution in [3.8, 4) is 5.75 Å². The number of carbonyl (C=O) groups is 1. The minimum atomic E-state index is -0.410. The number of hydrogen-bond acceptors (Lipinski definition) is 2. The molecular formula is C16H22ClNO2. The number of amides is 1. The average Bonchev–Trinajstić information content (AvgIpc) is 2.46. The van der Waals surface area contributed by atoms with Crippen molar-refractivity contribution in [3.63, 3.8) is 0 Å². The van der Waals surface area contributed by atoms with E-state index in [0.29, 0.717) is 0 Å². The Morgan fingerprint density at radius 1 is 1.50 bits per heavy atom. The molecule has 1 aliphatic carbocycles. The van der Waals surface area contributed by atoms with Gasteiger partial charge in [-0.3, -0.25) is 4.79 Å². The third-order valence-electron chi connectivity index (χ3n) is 3.81. The molecule has 1 aliphatic rings. The lowest BCUT2D eigenvalue weighted by molar-refractivity contribution is -0.121. The first-order valence-electron chi connectivity index (χ1n) is 7.24. The third-order valence-corrected chi connectivity index (χ3v) is 4.23. The van der Waals surface area contributed by atoms with Crippen LogP contribution in [0.5, 0.6) is 5.75 Å². The molecule has 0 saturated heterocycles.